The van der Waals surface area contributed by atoms with Gasteiger partial charge in [-0.25, -0.2) is 0 Å². The minimum atomic E-state index is -0.468. The van der Waals surface area contributed by atoms with Crippen LogP contribution in [0.2, 0.25) is 0 Å². The number of nitrogens with zero attached hydrogens (tertiary/aromatic N) is 1. The van der Waals surface area contributed by atoms with Gasteiger partial charge >= 0.3 is 0 Å². The minimum Gasteiger partial charge on any atom is -0.494 e. The van der Waals surface area contributed by atoms with Crippen LogP contribution in [0.5, 0.6) is 5.75 Å². The molecule has 3 aromatic rings. The van der Waals surface area contributed by atoms with Gasteiger partial charge < -0.3 is 19.4 Å². The summed E-state index contributed by atoms with van der Waals surface area (Å²) in [5, 5.41) is 3.21. The van der Waals surface area contributed by atoms with Crippen molar-refractivity contribution in [2.75, 3.05) is 24.6 Å². The summed E-state index contributed by atoms with van der Waals surface area (Å²) < 4.78 is 11.0. The third kappa shape index (κ3) is 4.05. The zero-order valence-corrected chi connectivity index (χ0v) is 16.6. The zero-order valence-electron chi connectivity index (χ0n) is 16.6. The largest absolute Gasteiger partial charge is 0.494 e. The first-order valence-electron chi connectivity index (χ1n) is 9.89. The number of benzene rings is 2. The fourth-order valence-electron chi connectivity index (χ4n) is 3.60. The van der Waals surface area contributed by atoms with Gasteiger partial charge in [0, 0.05) is 37.2 Å². The Labute approximate surface area is 173 Å². The van der Waals surface area contributed by atoms with E-state index < -0.39 is 5.91 Å². The van der Waals surface area contributed by atoms with Crippen LogP contribution in [0.25, 0.3) is 11.0 Å². The molecule has 2 aromatic carbocycles. The maximum Gasteiger partial charge on any atom is 0.287 e. The van der Waals surface area contributed by atoms with Crippen molar-refractivity contribution in [2.24, 2.45) is 5.92 Å². The van der Waals surface area contributed by atoms with E-state index in [9.17, 15) is 14.4 Å². The fraction of sp³-hybridized carbons (Fsp3) is 0.261. The molecule has 4 rings (SSSR count). The standard InChI is InChI=1S/C23H22N2O5/c1-2-29-17-9-7-16(8-10-17)25-14-15(11-22(25)27)13-24-23(28)21-12-19(26)18-5-3-4-6-20(18)30-21/h3-10,12,15H,2,11,13-14H2,1H3,(H,24,28). The van der Waals surface area contributed by atoms with Crippen LogP contribution in [0.4, 0.5) is 5.69 Å². The second-order valence-electron chi connectivity index (χ2n) is 7.18. The van der Waals surface area contributed by atoms with Gasteiger partial charge in [0.1, 0.15) is 11.3 Å². The normalized spacial score (nSPS) is 16.1. The van der Waals surface area contributed by atoms with Gasteiger partial charge in [0.2, 0.25) is 5.91 Å². The molecule has 1 atom stereocenters. The molecule has 30 heavy (non-hydrogen) atoms. The zero-order chi connectivity index (χ0) is 21.1. The van der Waals surface area contributed by atoms with E-state index in [0.29, 0.717) is 37.1 Å². The van der Waals surface area contributed by atoms with Gasteiger partial charge in [0.15, 0.2) is 11.2 Å². The van der Waals surface area contributed by atoms with Crippen LogP contribution in [-0.4, -0.2) is 31.5 Å². The average Bonchev–Trinajstić information content (AvgIpc) is 3.13. The molecular formula is C23H22N2O5. The Balaban J connectivity index is 1.39. The van der Waals surface area contributed by atoms with Crippen molar-refractivity contribution in [3.63, 3.8) is 0 Å². The van der Waals surface area contributed by atoms with Gasteiger partial charge in [-0.1, -0.05) is 12.1 Å². The number of ether oxygens (including phenoxy) is 1. The molecule has 154 valence electrons. The van der Waals surface area contributed by atoms with E-state index in [1.807, 2.05) is 31.2 Å². The molecule has 1 saturated heterocycles. The quantitative estimate of drug-likeness (QED) is 0.680. The number of anilines is 1. The van der Waals surface area contributed by atoms with E-state index in [2.05, 4.69) is 5.32 Å². The molecule has 1 aliphatic rings. The maximum absolute atomic E-state index is 12.5. The smallest absolute Gasteiger partial charge is 0.287 e. The van der Waals surface area contributed by atoms with Crippen LogP contribution < -0.4 is 20.4 Å². The van der Waals surface area contributed by atoms with Crippen LogP contribution in [0.3, 0.4) is 0 Å². The van der Waals surface area contributed by atoms with E-state index in [1.54, 1.807) is 29.2 Å². The summed E-state index contributed by atoms with van der Waals surface area (Å²) in [5.74, 6) is 0.237. The molecule has 0 spiro atoms. The molecule has 1 N–H and O–H groups in total. The minimum absolute atomic E-state index is 0.00986. The number of rotatable bonds is 6. The SMILES string of the molecule is CCOc1ccc(N2CC(CNC(=O)c3cc(=O)c4ccccc4o3)CC2=O)cc1. The predicted octanol–water partition coefficient (Wildman–Crippen LogP) is 2.97. The highest BCUT2D eigenvalue weighted by Crippen LogP contribution is 2.26. The Morgan fingerprint density at radius 1 is 1.17 bits per heavy atom. The second kappa shape index (κ2) is 8.41. The fourth-order valence-corrected chi connectivity index (χ4v) is 3.60. The molecule has 0 bridgehead atoms. The Hall–Kier alpha value is -3.61. The highest BCUT2D eigenvalue weighted by molar-refractivity contribution is 5.96. The van der Waals surface area contributed by atoms with Crippen LogP contribution in [0.15, 0.2) is 63.8 Å². The van der Waals surface area contributed by atoms with Crippen molar-refractivity contribution in [1.82, 2.24) is 5.32 Å². The highest BCUT2D eigenvalue weighted by Gasteiger charge is 2.31. The first-order valence-corrected chi connectivity index (χ1v) is 9.89. The Bertz CT molecular complexity index is 1140. The summed E-state index contributed by atoms with van der Waals surface area (Å²) in [6.07, 6.45) is 0.342. The molecule has 7 nitrogen and oxygen atoms in total. The van der Waals surface area contributed by atoms with Crippen molar-refractivity contribution < 1.29 is 18.7 Å². The van der Waals surface area contributed by atoms with Crippen molar-refractivity contribution in [2.45, 2.75) is 13.3 Å². The first-order chi connectivity index (χ1) is 14.5. The summed E-state index contributed by atoms with van der Waals surface area (Å²) in [4.78, 5) is 38.8. The third-order valence-corrected chi connectivity index (χ3v) is 5.07. The lowest BCUT2D eigenvalue weighted by Gasteiger charge is -2.17. The molecule has 0 aliphatic carbocycles. The van der Waals surface area contributed by atoms with E-state index in [4.69, 9.17) is 9.15 Å². The van der Waals surface area contributed by atoms with E-state index in [0.717, 1.165) is 11.4 Å². The molecule has 7 heteroatoms. The lowest BCUT2D eigenvalue weighted by atomic mass is 10.1. The molecule has 0 saturated carbocycles. The highest BCUT2D eigenvalue weighted by atomic mass is 16.5. The average molecular weight is 406 g/mol. The molecule has 1 unspecified atom stereocenters. The van der Waals surface area contributed by atoms with Crippen LogP contribution in [-0.2, 0) is 4.79 Å². The number of amides is 2. The lowest BCUT2D eigenvalue weighted by Crippen LogP contribution is -2.31. The number of fused-ring (bicyclic) bond motifs is 1. The Morgan fingerprint density at radius 2 is 1.93 bits per heavy atom. The Morgan fingerprint density at radius 3 is 2.70 bits per heavy atom. The van der Waals surface area contributed by atoms with Crippen molar-refractivity contribution in [3.8, 4) is 5.75 Å². The Kier molecular flexibility index (Phi) is 5.52. The number of nitrogens with one attached hydrogen (secondary N) is 1. The monoisotopic (exact) mass is 406 g/mol. The molecular weight excluding hydrogens is 384 g/mol. The maximum atomic E-state index is 12.5. The molecule has 0 radical (unpaired) electrons. The van der Waals surface area contributed by atoms with Gasteiger partial charge in [-0.2, -0.15) is 0 Å². The van der Waals surface area contributed by atoms with Crippen LogP contribution >= 0.6 is 0 Å². The van der Waals surface area contributed by atoms with E-state index in [1.165, 1.54) is 6.07 Å². The number of para-hydroxylation sites is 1. The van der Waals surface area contributed by atoms with Gasteiger partial charge in [-0.3, -0.25) is 14.4 Å². The molecule has 1 fully saturated rings. The number of carbonyl (C=O) groups excluding carboxylic acids is 2. The molecule has 2 heterocycles. The summed E-state index contributed by atoms with van der Waals surface area (Å²) in [5.41, 5.74) is 0.908. The van der Waals surface area contributed by atoms with Gasteiger partial charge in [-0.05, 0) is 43.3 Å². The third-order valence-electron chi connectivity index (χ3n) is 5.07. The molecule has 2 amide bonds. The number of hydrogen-bond donors (Lipinski definition) is 1. The summed E-state index contributed by atoms with van der Waals surface area (Å²) in [6.45, 7) is 3.32. The van der Waals surface area contributed by atoms with Gasteiger partial charge in [0.05, 0.1) is 12.0 Å². The van der Waals surface area contributed by atoms with Crippen LogP contribution in [0.1, 0.15) is 23.9 Å². The van der Waals surface area contributed by atoms with Crippen LogP contribution in [0, 0.1) is 5.92 Å². The van der Waals surface area contributed by atoms with Crippen molar-refractivity contribution >= 4 is 28.5 Å². The summed E-state index contributed by atoms with van der Waals surface area (Å²) in [6, 6.07) is 15.4. The topological polar surface area (TPSA) is 88.8 Å². The van der Waals surface area contributed by atoms with Crippen molar-refractivity contribution in [1.29, 1.82) is 0 Å². The predicted molar refractivity (Wildman–Crippen MR) is 113 cm³/mol. The van der Waals surface area contributed by atoms with Gasteiger partial charge in [0.25, 0.3) is 5.91 Å². The first kappa shape index (κ1) is 19.7. The number of carbonyl (C=O) groups is 2. The summed E-state index contributed by atoms with van der Waals surface area (Å²) in [7, 11) is 0. The lowest BCUT2D eigenvalue weighted by molar-refractivity contribution is -0.117. The van der Waals surface area contributed by atoms with E-state index in [-0.39, 0.29) is 23.0 Å². The van der Waals surface area contributed by atoms with E-state index >= 15 is 0 Å². The summed E-state index contributed by atoms with van der Waals surface area (Å²) >= 11 is 0. The van der Waals surface area contributed by atoms with Gasteiger partial charge in [-0.15, -0.1) is 0 Å². The second-order valence-corrected chi connectivity index (χ2v) is 7.18. The number of hydrogen-bond acceptors (Lipinski definition) is 5. The molecule has 1 aromatic heterocycles. The van der Waals surface area contributed by atoms with Crippen molar-refractivity contribution in [3.05, 3.63) is 70.6 Å². The molecule has 1 aliphatic heterocycles.